The lowest BCUT2D eigenvalue weighted by Crippen LogP contribution is -2.43. The van der Waals surface area contributed by atoms with Gasteiger partial charge in [-0.05, 0) is 33.3 Å². The molecule has 0 bridgehead atoms. The number of amides is 1. The van der Waals surface area contributed by atoms with Gasteiger partial charge in [0.15, 0.2) is 0 Å². The summed E-state index contributed by atoms with van der Waals surface area (Å²) in [5.74, 6) is 0.128. The zero-order valence-corrected chi connectivity index (χ0v) is 12.8. The molecule has 0 spiro atoms. The van der Waals surface area contributed by atoms with Crippen molar-refractivity contribution < 1.29 is 9.53 Å². The van der Waals surface area contributed by atoms with Crippen molar-refractivity contribution in [1.29, 1.82) is 0 Å². The minimum absolute atomic E-state index is 0.0529. The normalized spacial score (nSPS) is 19.7. The Morgan fingerprint density at radius 2 is 2.00 bits per heavy atom. The molecule has 1 atom stereocenters. The fourth-order valence-corrected chi connectivity index (χ4v) is 2.61. The van der Waals surface area contributed by atoms with Crippen molar-refractivity contribution >= 4 is 5.91 Å². The number of nitrogens with one attached hydrogen (secondary N) is 1. The Morgan fingerprint density at radius 3 is 2.60 bits per heavy atom. The molecule has 1 unspecified atom stereocenters. The van der Waals surface area contributed by atoms with Crippen LogP contribution in [0.25, 0.3) is 0 Å². The molecule has 1 fully saturated rings. The molecule has 1 amide bonds. The number of nitrogens with zero attached hydrogens (tertiary/aromatic N) is 1. The van der Waals surface area contributed by atoms with Gasteiger partial charge in [-0.3, -0.25) is 10.1 Å². The van der Waals surface area contributed by atoms with Crippen molar-refractivity contribution in [2.24, 2.45) is 0 Å². The van der Waals surface area contributed by atoms with Gasteiger partial charge in [-0.2, -0.15) is 0 Å². The van der Waals surface area contributed by atoms with E-state index in [-0.39, 0.29) is 17.7 Å². The second kappa shape index (κ2) is 5.94. The Bertz CT molecular complexity index is 468. The molecule has 1 heterocycles. The zero-order chi connectivity index (χ0) is 14.8. The van der Waals surface area contributed by atoms with Crippen molar-refractivity contribution in [2.45, 2.75) is 39.5 Å². The first-order valence-electron chi connectivity index (χ1n) is 7.16. The average molecular weight is 276 g/mol. The summed E-state index contributed by atoms with van der Waals surface area (Å²) in [6.45, 7) is 9.71. The molecule has 1 aliphatic heterocycles. The smallest absolute Gasteiger partial charge is 0.238 e. The molecule has 1 N–H and O–H groups in total. The van der Waals surface area contributed by atoms with E-state index < -0.39 is 0 Å². The molecule has 0 radical (unpaired) electrons. The van der Waals surface area contributed by atoms with E-state index in [4.69, 9.17) is 4.74 Å². The van der Waals surface area contributed by atoms with Crippen LogP contribution in [0.15, 0.2) is 24.3 Å². The molecule has 0 saturated carbocycles. The Hall–Kier alpha value is -1.39. The van der Waals surface area contributed by atoms with Crippen LogP contribution in [-0.2, 0) is 9.53 Å². The first kappa shape index (κ1) is 15.0. The van der Waals surface area contributed by atoms with Crippen molar-refractivity contribution in [1.82, 2.24) is 10.2 Å². The molecular formula is C16H24N2O2. The largest absolute Gasteiger partial charge is 0.374 e. The first-order chi connectivity index (χ1) is 9.43. The molecule has 0 aromatic heterocycles. The van der Waals surface area contributed by atoms with Crippen molar-refractivity contribution in [3.63, 3.8) is 0 Å². The number of ether oxygens (including phenoxy) is 1. The van der Waals surface area contributed by atoms with E-state index in [1.165, 1.54) is 5.56 Å². The van der Waals surface area contributed by atoms with Crippen LogP contribution in [0.4, 0.5) is 0 Å². The number of hydrogen-bond donors (Lipinski definition) is 1. The number of hydrogen-bond acceptors (Lipinski definition) is 3. The Kier molecular flexibility index (Phi) is 4.45. The van der Waals surface area contributed by atoms with E-state index in [1.54, 1.807) is 0 Å². The highest BCUT2D eigenvalue weighted by molar-refractivity contribution is 5.81. The van der Waals surface area contributed by atoms with E-state index in [2.05, 4.69) is 36.5 Å². The predicted molar refractivity (Wildman–Crippen MR) is 79.3 cm³/mol. The predicted octanol–water partition coefficient (Wildman–Crippen LogP) is 2.24. The maximum atomic E-state index is 12.1. The summed E-state index contributed by atoms with van der Waals surface area (Å²) in [6, 6.07) is 8.30. The molecular weight excluding hydrogens is 252 g/mol. The van der Waals surface area contributed by atoms with E-state index in [1.807, 2.05) is 25.7 Å². The molecule has 2 rings (SSSR count). The van der Waals surface area contributed by atoms with Gasteiger partial charge in [0, 0.05) is 6.61 Å². The van der Waals surface area contributed by atoms with Gasteiger partial charge in [-0.25, -0.2) is 0 Å². The summed E-state index contributed by atoms with van der Waals surface area (Å²) < 4.78 is 5.72. The van der Waals surface area contributed by atoms with Crippen molar-refractivity contribution in [3.8, 4) is 0 Å². The lowest BCUT2D eigenvalue weighted by molar-refractivity contribution is -0.132. The molecule has 110 valence electrons. The number of carbonyl (C=O) groups excluding carboxylic acids is 1. The highest BCUT2D eigenvalue weighted by atomic mass is 16.5. The molecule has 1 aromatic carbocycles. The van der Waals surface area contributed by atoms with Gasteiger partial charge in [-0.1, -0.05) is 29.8 Å². The third-order valence-corrected chi connectivity index (χ3v) is 3.56. The van der Waals surface area contributed by atoms with Gasteiger partial charge in [-0.15, -0.1) is 0 Å². The summed E-state index contributed by atoms with van der Waals surface area (Å²) in [7, 11) is 0. The standard InChI is InChI=1S/C16H24N2O2/c1-5-20-16(3,4)11-18-14(19)10-17-15(18)13-8-6-12(2)7-9-13/h6-9,15,17H,5,10-11H2,1-4H3. The van der Waals surface area contributed by atoms with E-state index in [0.29, 0.717) is 19.7 Å². The SMILES string of the molecule is CCOC(C)(C)CN1C(=O)CNC1c1ccc(C)cc1. The lowest BCUT2D eigenvalue weighted by atomic mass is 10.1. The average Bonchev–Trinajstić information content (AvgIpc) is 2.72. The molecule has 0 aliphatic carbocycles. The van der Waals surface area contributed by atoms with Gasteiger partial charge in [0.25, 0.3) is 0 Å². The minimum atomic E-state index is -0.334. The Morgan fingerprint density at radius 1 is 1.35 bits per heavy atom. The van der Waals surface area contributed by atoms with Gasteiger partial charge >= 0.3 is 0 Å². The first-order valence-corrected chi connectivity index (χ1v) is 7.16. The number of aryl methyl sites for hydroxylation is 1. The van der Waals surface area contributed by atoms with Crippen molar-refractivity contribution in [3.05, 3.63) is 35.4 Å². The monoisotopic (exact) mass is 276 g/mol. The van der Waals surface area contributed by atoms with Crippen LogP contribution in [-0.4, -0.2) is 36.1 Å². The van der Waals surface area contributed by atoms with Gasteiger partial charge in [0.2, 0.25) is 5.91 Å². The third kappa shape index (κ3) is 3.38. The highest BCUT2D eigenvalue weighted by Crippen LogP contribution is 2.25. The van der Waals surface area contributed by atoms with Crippen LogP contribution in [0.2, 0.25) is 0 Å². The molecule has 1 aromatic rings. The van der Waals surface area contributed by atoms with Gasteiger partial charge < -0.3 is 9.64 Å². The Labute approximate surface area is 121 Å². The molecule has 1 saturated heterocycles. The molecule has 4 heteroatoms. The summed E-state index contributed by atoms with van der Waals surface area (Å²) in [6.07, 6.45) is -0.0529. The fraction of sp³-hybridized carbons (Fsp3) is 0.562. The third-order valence-electron chi connectivity index (χ3n) is 3.56. The van der Waals surface area contributed by atoms with E-state index >= 15 is 0 Å². The minimum Gasteiger partial charge on any atom is -0.374 e. The molecule has 4 nitrogen and oxygen atoms in total. The lowest BCUT2D eigenvalue weighted by Gasteiger charge is -2.33. The van der Waals surface area contributed by atoms with E-state index in [0.717, 1.165) is 5.56 Å². The second-order valence-corrected chi connectivity index (χ2v) is 5.91. The number of rotatable bonds is 5. The Balaban J connectivity index is 2.16. The highest BCUT2D eigenvalue weighted by Gasteiger charge is 2.35. The molecule has 20 heavy (non-hydrogen) atoms. The maximum Gasteiger partial charge on any atom is 0.238 e. The van der Waals surface area contributed by atoms with Gasteiger partial charge in [0.1, 0.15) is 6.17 Å². The number of benzene rings is 1. The number of carbonyl (C=O) groups is 1. The van der Waals surface area contributed by atoms with Crippen LogP contribution in [0.3, 0.4) is 0 Å². The van der Waals surface area contributed by atoms with Crippen LogP contribution in [0, 0.1) is 6.92 Å². The molecule has 1 aliphatic rings. The second-order valence-electron chi connectivity index (χ2n) is 5.91. The van der Waals surface area contributed by atoms with Crippen LogP contribution < -0.4 is 5.32 Å². The van der Waals surface area contributed by atoms with E-state index in [9.17, 15) is 4.79 Å². The fourth-order valence-electron chi connectivity index (χ4n) is 2.61. The van der Waals surface area contributed by atoms with Crippen LogP contribution >= 0.6 is 0 Å². The zero-order valence-electron chi connectivity index (χ0n) is 12.8. The van der Waals surface area contributed by atoms with Crippen LogP contribution in [0.5, 0.6) is 0 Å². The van der Waals surface area contributed by atoms with Crippen LogP contribution in [0.1, 0.15) is 38.1 Å². The topological polar surface area (TPSA) is 41.6 Å². The summed E-state index contributed by atoms with van der Waals surface area (Å²) >= 11 is 0. The summed E-state index contributed by atoms with van der Waals surface area (Å²) in [5, 5.41) is 3.28. The van der Waals surface area contributed by atoms with Gasteiger partial charge in [0.05, 0.1) is 18.7 Å². The van der Waals surface area contributed by atoms with Crippen molar-refractivity contribution in [2.75, 3.05) is 19.7 Å². The summed E-state index contributed by atoms with van der Waals surface area (Å²) in [4.78, 5) is 14.0. The quantitative estimate of drug-likeness (QED) is 0.897. The summed E-state index contributed by atoms with van der Waals surface area (Å²) in [5.41, 5.74) is 2.01. The maximum absolute atomic E-state index is 12.1.